The van der Waals surface area contributed by atoms with E-state index in [-0.39, 0.29) is 21.0 Å². The molecule has 0 saturated heterocycles. The monoisotopic (exact) mass is 256 g/mol. The van der Waals surface area contributed by atoms with Crippen LogP contribution < -0.4 is 5.43 Å². The molecule has 0 spiro atoms. The van der Waals surface area contributed by atoms with Gasteiger partial charge in [-0.15, -0.1) is 0 Å². The SMILES string of the molecule is N#Cc1c[nH]c2cc(Cl)c(F)c(Cl)c2c1=O. The first-order valence-corrected chi connectivity index (χ1v) is 4.91. The van der Waals surface area contributed by atoms with Crippen molar-refractivity contribution in [2.24, 2.45) is 0 Å². The van der Waals surface area contributed by atoms with Gasteiger partial charge in [-0.3, -0.25) is 4.79 Å². The first-order valence-electron chi connectivity index (χ1n) is 4.15. The number of hydrogen-bond donors (Lipinski definition) is 1. The van der Waals surface area contributed by atoms with E-state index in [1.807, 2.05) is 0 Å². The van der Waals surface area contributed by atoms with Gasteiger partial charge >= 0.3 is 0 Å². The van der Waals surface area contributed by atoms with Gasteiger partial charge in [0.05, 0.1) is 20.9 Å². The van der Waals surface area contributed by atoms with Crippen LogP contribution in [0.5, 0.6) is 0 Å². The maximum Gasteiger partial charge on any atom is 0.208 e. The molecule has 80 valence electrons. The molecular formula is C10H3Cl2FN2O. The third-order valence-corrected chi connectivity index (χ3v) is 2.76. The number of benzene rings is 1. The fourth-order valence-electron chi connectivity index (χ4n) is 1.36. The molecule has 1 heterocycles. The number of halogens is 3. The summed E-state index contributed by atoms with van der Waals surface area (Å²) in [5.74, 6) is -0.864. The summed E-state index contributed by atoms with van der Waals surface area (Å²) in [6.45, 7) is 0. The predicted octanol–water partition coefficient (Wildman–Crippen LogP) is 2.85. The lowest BCUT2D eigenvalue weighted by Gasteiger charge is -2.03. The molecule has 0 aliphatic carbocycles. The van der Waals surface area contributed by atoms with E-state index in [0.29, 0.717) is 5.52 Å². The molecule has 0 saturated carbocycles. The minimum absolute atomic E-state index is 0.0670. The van der Waals surface area contributed by atoms with Crippen LogP contribution in [0.3, 0.4) is 0 Å². The quantitative estimate of drug-likeness (QED) is 0.737. The number of H-pyrrole nitrogens is 1. The fourth-order valence-corrected chi connectivity index (χ4v) is 1.91. The highest BCUT2D eigenvalue weighted by Gasteiger charge is 2.15. The van der Waals surface area contributed by atoms with E-state index in [9.17, 15) is 9.18 Å². The average Bonchev–Trinajstić information content (AvgIpc) is 2.26. The summed E-state index contributed by atoms with van der Waals surface area (Å²) in [5.41, 5.74) is -0.451. The Kier molecular flexibility index (Phi) is 2.58. The molecule has 0 unspecified atom stereocenters. The van der Waals surface area contributed by atoms with E-state index >= 15 is 0 Å². The largest absolute Gasteiger partial charge is 0.360 e. The minimum atomic E-state index is -0.864. The third-order valence-electron chi connectivity index (χ3n) is 2.13. The van der Waals surface area contributed by atoms with Crippen LogP contribution in [-0.2, 0) is 0 Å². The van der Waals surface area contributed by atoms with Crippen molar-refractivity contribution < 1.29 is 4.39 Å². The standard InChI is InChI=1S/C10H3Cl2FN2O/c11-5-1-6-7(8(12)9(5)13)10(16)4(2-14)3-15-6/h1,3H,(H,15,16). The molecule has 0 amide bonds. The number of rotatable bonds is 0. The molecule has 0 aliphatic rings. The van der Waals surface area contributed by atoms with Crippen LogP contribution in [0.2, 0.25) is 10.0 Å². The summed E-state index contributed by atoms with van der Waals surface area (Å²) in [6, 6.07) is 2.94. The smallest absolute Gasteiger partial charge is 0.208 e. The molecule has 6 heteroatoms. The van der Waals surface area contributed by atoms with Gasteiger partial charge in [0, 0.05) is 6.20 Å². The van der Waals surface area contributed by atoms with E-state index < -0.39 is 11.2 Å². The van der Waals surface area contributed by atoms with Crippen LogP contribution >= 0.6 is 23.2 Å². The summed E-state index contributed by atoms with van der Waals surface area (Å²) in [4.78, 5) is 14.4. The van der Waals surface area contributed by atoms with Crippen molar-refractivity contribution in [3.05, 3.63) is 43.9 Å². The molecule has 0 radical (unpaired) electrons. The zero-order chi connectivity index (χ0) is 11.9. The van der Waals surface area contributed by atoms with Crippen LogP contribution in [0, 0.1) is 17.1 Å². The van der Waals surface area contributed by atoms with Gasteiger partial charge in [0.1, 0.15) is 11.6 Å². The Hall–Kier alpha value is -1.57. The summed E-state index contributed by atoms with van der Waals surface area (Å²) in [5, 5.41) is 8.04. The number of nitrogens with zero attached hydrogens (tertiary/aromatic N) is 1. The van der Waals surface area contributed by atoms with Crippen LogP contribution in [0.4, 0.5) is 4.39 Å². The molecule has 16 heavy (non-hydrogen) atoms. The Bertz CT molecular complexity index is 688. The second kappa shape index (κ2) is 3.78. The topological polar surface area (TPSA) is 56.6 Å². The first kappa shape index (κ1) is 10.9. The molecule has 0 fully saturated rings. The van der Waals surface area contributed by atoms with Gasteiger partial charge in [0.15, 0.2) is 5.82 Å². The van der Waals surface area contributed by atoms with Crippen LogP contribution in [0.25, 0.3) is 10.9 Å². The predicted molar refractivity (Wildman–Crippen MR) is 59.3 cm³/mol. The Balaban J connectivity index is 3.06. The first-order chi connectivity index (χ1) is 7.56. The van der Waals surface area contributed by atoms with E-state index in [1.54, 1.807) is 6.07 Å². The maximum atomic E-state index is 13.4. The van der Waals surface area contributed by atoms with E-state index in [1.165, 1.54) is 12.3 Å². The zero-order valence-electron chi connectivity index (χ0n) is 7.64. The Morgan fingerprint density at radius 2 is 2.12 bits per heavy atom. The van der Waals surface area contributed by atoms with Gasteiger partial charge < -0.3 is 4.98 Å². The van der Waals surface area contributed by atoms with Gasteiger partial charge in [0.2, 0.25) is 5.43 Å². The van der Waals surface area contributed by atoms with Crippen LogP contribution in [0.1, 0.15) is 5.56 Å². The van der Waals surface area contributed by atoms with Gasteiger partial charge in [-0.1, -0.05) is 23.2 Å². The van der Waals surface area contributed by atoms with Crippen LogP contribution in [-0.4, -0.2) is 4.98 Å². The van der Waals surface area contributed by atoms with Gasteiger partial charge in [-0.25, -0.2) is 4.39 Å². The zero-order valence-corrected chi connectivity index (χ0v) is 9.16. The van der Waals surface area contributed by atoms with Crippen molar-refractivity contribution in [2.45, 2.75) is 0 Å². The third kappa shape index (κ3) is 1.45. The molecule has 1 N–H and O–H groups in total. The maximum absolute atomic E-state index is 13.4. The molecule has 2 aromatic rings. The Morgan fingerprint density at radius 1 is 1.44 bits per heavy atom. The molecule has 2 rings (SSSR count). The van der Waals surface area contributed by atoms with Gasteiger partial charge in [-0.05, 0) is 6.07 Å². The highest BCUT2D eigenvalue weighted by molar-refractivity contribution is 6.38. The van der Waals surface area contributed by atoms with Crippen molar-refractivity contribution in [3.8, 4) is 6.07 Å². The molecule has 0 aliphatic heterocycles. The van der Waals surface area contributed by atoms with E-state index in [4.69, 9.17) is 28.5 Å². The van der Waals surface area contributed by atoms with E-state index in [2.05, 4.69) is 4.98 Å². The van der Waals surface area contributed by atoms with Gasteiger partial charge in [-0.2, -0.15) is 5.26 Å². The minimum Gasteiger partial charge on any atom is -0.360 e. The summed E-state index contributed by atoms with van der Waals surface area (Å²) in [7, 11) is 0. The van der Waals surface area contributed by atoms with Crippen molar-refractivity contribution in [3.63, 3.8) is 0 Å². The lowest BCUT2D eigenvalue weighted by molar-refractivity contribution is 0.630. The number of fused-ring (bicyclic) bond motifs is 1. The normalized spacial score (nSPS) is 10.4. The molecule has 0 atom stereocenters. The fraction of sp³-hybridized carbons (Fsp3) is 0. The second-order valence-corrected chi connectivity index (χ2v) is 3.84. The number of pyridine rings is 1. The number of nitriles is 1. The van der Waals surface area contributed by atoms with Crippen molar-refractivity contribution in [1.29, 1.82) is 5.26 Å². The summed E-state index contributed by atoms with van der Waals surface area (Å²) >= 11 is 11.2. The van der Waals surface area contributed by atoms with E-state index in [0.717, 1.165) is 0 Å². The van der Waals surface area contributed by atoms with Crippen molar-refractivity contribution >= 4 is 34.1 Å². The number of hydrogen-bond acceptors (Lipinski definition) is 2. The number of aromatic amines is 1. The Labute approximate surface area is 99.0 Å². The lowest BCUT2D eigenvalue weighted by Crippen LogP contribution is -2.08. The highest BCUT2D eigenvalue weighted by Crippen LogP contribution is 2.28. The summed E-state index contributed by atoms with van der Waals surface area (Å²) < 4.78 is 13.4. The highest BCUT2D eigenvalue weighted by atomic mass is 35.5. The number of nitrogens with one attached hydrogen (secondary N) is 1. The number of aromatic nitrogens is 1. The molecule has 1 aromatic carbocycles. The van der Waals surface area contributed by atoms with Crippen molar-refractivity contribution in [2.75, 3.05) is 0 Å². The summed E-state index contributed by atoms with van der Waals surface area (Å²) in [6.07, 6.45) is 1.23. The van der Waals surface area contributed by atoms with Gasteiger partial charge in [0.25, 0.3) is 0 Å². The average molecular weight is 257 g/mol. The Morgan fingerprint density at radius 3 is 2.75 bits per heavy atom. The molecular weight excluding hydrogens is 254 g/mol. The molecule has 1 aromatic heterocycles. The van der Waals surface area contributed by atoms with Crippen molar-refractivity contribution in [1.82, 2.24) is 4.98 Å². The lowest BCUT2D eigenvalue weighted by atomic mass is 10.1. The molecule has 0 bridgehead atoms. The van der Waals surface area contributed by atoms with Crippen LogP contribution in [0.15, 0.2) is 17.1 Å². The molecule has 3 nitrogen and oxygen atoms in total. The second-order valence-electron chi connectivity index (χ2n) is 3.05.